The fourth-order valence-corrected chi connectivity index (χ4v) is 1.45. The zero-order chi connectivity index (χ0) is 13.2. The van der Waals surface area contributed by atoms with Gasteiger partial charge in [0, 0.05) is 22.6 Å². The maximum Gasteiger partial charge on any atom is 0.573 e. The van der Waals surface area contributed by atoms with Crippen molar-refractivity contribution < 1.29 is 27.2 Å². The van der Waals surface area contributed by atoms with Crippen molar-refractivity contribution in [2.24, 2.45) is 0 Å². The van der Waals surface area contributed by atoms with Crippen molar-refractivity contribution in [3.05, 3.63) is 25.4 Å². The van der Waals surface area contributed by atoms with Gasteiger partial charge in [-0.1, -0.05) is 0 Å². The summed E-state index contributed by atoms with van der Waals surface area (Å²) in [5.74, 6) is -1.59. The highest BCUT2D eigenvalue weighted by Crippen LogP contribution is 2.31. The third kappa shape index (κ3) is 3.64. The van der Waals surface area contributed by atoms with Gasteiger partial charge < -0.3 is 14.9 Å². The van der Waals surface area contributed by atoms with Crippen LogP contribution in [0.4, 0.5) is 23.4 Å². The number of halogens is 5. The number of rotatable bonds is 3. The maximum atomic E-state index is 12.4. The Hall–Kier alpha value is -1.20. The Morgan fingerprint density at radius 3 is 2.53 bits per heavy atom. The molecule has 1 rings (SSSR count). The van der Waals surface area contributed by atoms with E-state index in [1.54, 1.807) is 0 Å². The Kier molecular flexibility index (Phi) is 4.06. The standard InChI is InChI=1S/C7H3F4IN2O3/c8-2-3-1-4(17-7(9,10)11)5(12)13-6(3)14(15)16/h1H,2H2. The van der Waals surface area contributed by atoms with Crippen LogP contribution < -0.4 is 4.74 Å². The van der Waals surface area contributed by atoms with E-state index in [-0.39, 0.29) is 3.70 Å². The predicted molar refractivity (Wildman–Crippen MR) is 55.1 cm³/mol. The largest absolute Gasteiger partial charge is 0.573 e. The molecule has 17 heavy (non-hydrogen) atoms. The zero-order valence-corrected chi connectivity index (χ0v) is 9.95. The van der Waals surface area contributed by atoms with Crippen molar-refractivity contribution in [2.75, 3.05) is 0 Å². The lowest BCUT2D eigenvalue weighted by molar-refractivity contribution is -0.390. The molecule has 0 N–H and O–H groups in total. The van der Waals surface area contributed by atoms with Gasteiger partial charge in [-0.15, -0.1) is 13.2 Å². The molecule has 0 aromatic carbocycles. The second-order valence-corrected chi connectivity index (χ2v) is 3.72. The first-order chi connectivity index (χ1) is 7.74. The van der Waals surface area contributed by atoms with Crippen molar-refractivity contribution in [3.8, 4) is 5.75 Å². The van der Waals surface area contributed by atoms with Crippen LogP contribution in [0.15, 0.2) is 6.07 Å². The van der Waals surface area contributed by atoms with Crippen LogP contribution in [0.5, 0.6) is 5.75 Å². The average Bonchev–Trinajstić information content (AvgIpc) is 2.18. The van der Waals surface area contributed by atoms with Gasteiger partial charge in [0.2, 0.25) is 0 Å². The summed E-state index contributed by atoms with van der Waals surface area (Å²) < 4.78 is 51.4. The van der Waals surface area contributed by atoms with Gasteiger partial charge in [0.25, 0.3) is 3.70 Å². The molecule has 0 saturated heterocycles. The summed E-state index contributed by atoms with van der Waals surface area (Å²) in [6.45, 7) is -1.31. The number of hydrogen-bond acceptors (Lipinski definition) is 4. The molecule has 1 heterocycles. The van der Waals surface area contributed by atoms with Gasteiger partial charge in [-0.25, -0.2) is 4.39 Å². The Morgan fingerprint density at radius 1 is 1.53 bits per heavy atom. The van der Waals surface area contributed by atoms with E-state index in [0.717, 1.165) is 0 Å². The Morgan fingerprint density at radius 2 is 2.12 bits per heavy atom. The normalized spacial score (nSPS) is 11.4. The monoisotopic (exact) mass is 366 g/mol. The predicted octanol–water partition coefficient (Wildman–Crippen LogP) is 2.96. The van der Waals surface area contributed by atoms with E-state index in [0.29, 0.717) is 6.07 Å². The highest BCUT2D eigenvalue weighted by atomic mass is 127. The molecule has 1 aromatic heterocycles. The average molecular weight is 366 g/mol. The van der Waals surface area contributed by atoms with Crippen LogP contribution in [-0.4, -0.2) is 16.3 Å². The minimum atomic E-state index is -4.97. The highest BCUT2D eigenvalue weighted by molar-refractivity contribution is 14.1. The molecule has 94 valence electrons. The summed E-state index contributed by atoms with van der Waals surface area (Å²) in [6, 6.07) is 0.612. The lowest BCUT2D eigenvalue weighted by Gasteiger charge is -2.09. The van der Waals surface area contributed by atoms with Gasteiger partial charge in [0.15, 0.2) is 5.75 Å². The van der Waals surface area contributed by atoms with Gasteiger partial charge in [-0.05, 0) is 16.0 Å². The van der Waals surface area contributed by atoms with Crippen LogP contribution in [0, 0.1) is 13.8 Å². The highest BCUT2D eigenvalue weighted by Gasteiger charge is 2.34. The molecule has 0 saturated carbocycles. The molecule has 1 aromatic rings. The van der Waals surface area contributed by atoms with E-state index in [1.165, 1.54) is 22.6 Å². The van der Waals surface area contributed by atoms with Gasteiger partial charge in [-0.2, -0.15) is 0 Å². The molecule has 0 radical (unpaired) electrons. The first-order valence-electron chi connectivity index (χ1n) is 3.90. The number of hydrogen-bond donors (Lipinski definition) is 0. The fourth-order valence-electron chi connectivity index (χ4n) is 0.955. The van der Waals surface area contributed by atoms with E-state index in [1.807, 2.05) is 0 Å². The van der Waals surface area contributed by atoms with Crippen molar-refractivity contribution in [1.82, 2.24) is 4.98 Å². The molecular weight excluding hydrogens is 363 g/mol. The second kappa shape index (κ2) is 4.98. The Balaban J connectivity index is 3.23. The molecule has 0 atom stereocenters. The van der Waals surface area contributed by atoms with E-state index in [9.17, 15) is 27.7 Å². The molecular formula is C7H3F4IN2O3. The van der Waals surface area contributed by atoms with Crippen molar-refractivity contribution in [3.63, 3.8) is 0 Å². The van der Waals surface area contributed by atoms with Crippen LogP contribution in [0.25, 0.3) is 0 Å². The van der Waals surface area contributed by atoms with Crippen LogP contribution in [0.3, 0.4) is 0 Å². The van der Waals surface area contributed by atoms with E-state index in [2.05, 4.69) is 9.72 Å². The van der Waals surface area contributed by atoms with E-state index in [4.69, 9.17) is 0 Å². The fraction of sp³-hybridized carbons (Fsp3) is 0.286. The van der Waals surface area contributed by atoms with Crippen LogP contribution >= 0.6 is 22.6 Å². The van der Waals surface area contributed by atoms with Crippen molar-refractivity contribution >= 4 is 28.4 Å². The molecule has 10 heteroatoms. The maximum absolute atomic E-state index is 12.4. The molecule has 0 amide bonds. The van der Waals surface area contributed by atoms with E-state index >= 15 is 0 Å². The first kappa shape index (κ1) is 13.9. The number of pyridine rings is 1. The van der Waals surface area contributed by atoms with Crippen LogP contribution in [0.1, 0.15) is 5.56 Å². The van der Waals surface area contributed by atoms with Gasteiger partial charge >= 0.3 is 12.2 Å². The first-order valence-corrected chi connectivity index (χ1v) is 4.98. The summed E-state index contributed by atoms with van der Waals surface area (Å²) in [6.07, 6.45) is -4.97. The topological polar surface area (TPSA) is 65.3 Å². The van der Waals surface area contributed by atoms with Gasteiger partial charge in [-0.3, -0.25) is 0 Å². The summed E-state index contributed by atoms with van der Waals surface area (Å²) >= 11 is 1.33. The molecule has 0 aliphatic heterocycles. The molecule has 0 aliphatic rings. The van der Waals surface area contributed by atoms with Crippen LogP contribution in [-0.2, 0) is 6.67 Å². The van der Waals surface area contributed by atoms with Crippen molar-refractivity contribution in [2.45, 2.75) is 13.0 Å². The number of ether oxygens (including phenoxy) is 1. The molecule has 0 bridgehead atoms. The quantitative estimate of drug-likeness (QED) is 0.271. The van der Waals surface area contributed by atoms with Gasteiger partial charge in [0.05, 0.1) is 5.56 Å². The minimum Gasteiger partial charge on any atom is -0.401 e. The summed E-state index contributed by atoms with van der Waals surface area (Å²) in [4.78, 5) is 12.7. The van der Waals surface area contributed by atoms with Gasteiger partial charge in [0.1, 0.15) is 6.67 Å². The van der Waals surface area contributed by atoms with Crippen LogP contribution in [0.2, 0.25) is 0 Å². The smallest absolute Gasteiger partial charge is 0.401 e. The number of nitrogens with zero attached hydrogens (tertiary/aromatic N) is 2. The summed E-state index contributed by atoms with van der Waals surface area (Å²) in [7, 11) is 0. The molecule has 0 spiro atoms. The summed E-state index contributed by atoms with van der Waals surface area (Å²) in [5, 5.41) is 10.4. The molecule has 0 fully saturated rings. The number of alkyl halides is 4. The van der Waals surface area contributed by atoms with E-state index < -0.39 is 35.1 Å². The summed E-state index contributed by atoms with van der Waals surface area (Å²) in [5.41, 5.74) is -0.574. The number of aromatic nitrogens is 1. The minimum absolute atomic E-state index is 0.371. The number of nitro groups is 1. The molecule has 5 nitrogen and oxygen atoms in total. The lowest BCUT2D eigenvalue weighted by atomic mass is 10.3. The third-order valence-electron chi connectivity index (χ3n) is 1.54. The van der Waals surface area contributed by atoms with Crippen molar-refractivity contribution in [1.29, 1.82) is 0 Å². The third-order valence-corrected chi connectivity index (χ3v) is 2.32. The Bertz CT molecular complexity index is 451. The Labute approximate surface area is 105 Å². The molecule has 0 aliphatic carbocycles. The molecule has 0 unspecified atom stereocenters. The SMILES string of the molecule is O=[N+]([O-])c1nc(I)c(OC(F)(F)F)cc1CF. The lowest BCUT2D eigenvalue weighted by Crippen LogP contribution is -2.18. The zero-order valence-electron chi connectivity index (χ0n) is 7.79. The second-order valence-electron chi connectivity index (χ2n) is 2.70.